The summed E-state index contributed by atoms with van der Waals surface area (Å²) in [5.41, 5.74) is 3.70. The van der Waals surface area contributed by atoms with Crippen molar-refractivity contribution in [3.8, 4) is 0 Å². The van der Waals surface area contributed by atoms with Gasteiger partial charge in [0.15, 0.2) is 0 Å². The Morgan fingerprint density at radius 1 is 1.20 bits per heavy atom. The van der Waals surface area contributed by atoms with Gasteiger partial charge in [-0.15, -0.1) is 0 Å². The fraction of sp³-hybridized carbons (Fsp3) is 0.562. The summed E-state index contributed by atoms with van der Waals surface area (Å²) in [6.07, 6.45) is 1.52. The van der Waals surface area contributed by atoms with Crippen LogP contribution in [-0.2, 0) is 6.42 Å². The van der Waals surface area contributed by atoms with Crippen LogP contribution in [0.5, 0.6) is 0 Å². The zero-order valence-electron chi connectivity index (χ0n) is 12.9. The second-order valence-electron chi connectivity index (χ2n) is 5.51. The summed E-state index contributed by atoms with van der Waals surface area (Å²) in [6, 6.07) is 6.08. The largest absolute Gasteiger partial charge is 0.394 e. The lowest BCUT2D eigenvalue weighted by molar-refractivity contribution is 0.212. The Kier molecular flexibility index (Phi) is 6.52. The highest BCUT2D eigenvalue weighted by Gasteiger charge is 2.12. The molecular formula is C16H26N2O2. The summed E-state index contributed by atoms with van der Waals surface area (Å²) in [5.74, 6) is 0. The summed E-state index contributed by atoms with van der Waals surface area (Å²) in [4.78, 5) is 11.8. The molecule has 2 amide bonds. The topological polar surface area (TPSA) is 61.4 Å². The molecule has 2 atom stereocenters. The first kappa shape index (κ1) is 16.5. The Bertz CT molecular complexity index is 422. The van der Waals surface area contributed by atoms with Crippen molar-refractivity contribution < 1.29 is 9.90 Å². The third-order valence-corrected chi connectivity index (χ3v) is 3.25. The van der Waals surface area contributed by atoms with Gasteiger partial charge in [0.2, 0.25) is 0 Å². The molecule has 0 fully saturated rings. The maximum Gasteiger partial charge on any atom is 0.315 e. The highest BCUT2D eigenvalue weighted by Crippen LogP contribution is 2.10. The summed E-state index contributed by atoms with van der Waals surface area (Å²) < 4.78 is 0. The first-order valence-electron chi connectivity index (χ1n) is 7.19. The van der Waals surface area contributed by atoms with Crippen molar-refractivity contribution in [3.05, 3.63) is 34.9 Å². The first-order valence-corrected chi connectivity index (χ1v) is 7.19. The lowest BCUT2D eigenvalue weighted by Gasteiger charge is -2.19. The van der Waals surface area contributed by atoms with Gasteiger partial charge < -0.3 is 15.7 Å². The molecule has 0 bridgehead atoms. The van der Waals surface area contributed by atoms with Gasteiger partial charge in [-0.05, 0) is 39.2 Å². The molecule has 0 aliphatic heterocycles. The monoisotopic (exact) mass is 278 g/mol. The van der Waals surface area contributed by atoms with Gasteiger partial charge in [-0.3, -0.25) is 0 Å². The number of nitrogens with one attached hydrogen (secondary N) is 2. The van der Waals surface area contributed by atoms with Crippen LogP contribution in [0.2, 0.25) is 0 Å². The van der Waals surface area contributed by atoms with E-state index in [4.69, 9.17) is 5.11 Å². The van der Waals surface area contributed by atoms with Gasteiger partial charge in [-0.1, -0.05) is 36.2 Å². The minimum atomic E-state index is -0.220. The second kappa shape index (κ2) is 7.90. The molecule has 0 saturated carbocycles. The number of aliphatic hydroxyl groups is 1. The van der Waals surface area contributed by atoms with Crippen molar-refractivity contribution in [2.45, 2.75) is 52.6 Å². The number of amides is 2. The van der Waals surface area contributed by atoms with Crippen LogP contribution in [0.4, 0.5) is 4.79 Å². The van der Waals surface area contributed by atoms with E-state index in [0.29, 0.717) is 0 Å². The molecule has 2 unspecified atom stereocenters. The van der Waals surface area contributed by atoms with Crippen molar-refractivity contribution >= 4 is 6.03 Å². The third-order valence-electron chi connectivity index (χ3n) is 3.25. The Hall–Kier alpha value is -1.55. The molecule has 0 radical (unpaired) electrons. The van der Waals surface area contributed by atoms with Gasteiger partial charge in [-0.2, -0.15) is 0 Å². The van der Waals surface area contributed by atoms with Crippen LogP contribution >= 0.6 is 0 Å². The zero-order chi connectivity index (χ0) is 15.1. The molecule has 1 rings (SSSR count). The standard InChI is InChI=1S/C16H26N2O2/c1-5-15(10-19)18-16(20)17-13(4)9-14-7-11(2)6-12(3)8-14/h6-8,13,15,19H,5,9-10H2,1-4H3,(H2,17,18,20). The number of carbonyl (C=O) groups is 1. The quantitative estimate of drug-likeness (QED) is 0.748. The summed E-state index contributed by atoms with van der Waals surface area (Å²) >= 11 is 0. The number of aliphatic hydroxyl groups excluding tert-OH is 1. The minimum absolute atomic E-state index is 0.0324. The molecule has 0 spiro atoms. The van der Waals surface area contributed by atoms with Crippen LogP contribution in [0, 0.1) is 13.8 Å². The van der Waals surface area contributed by atoms with Gasteiger partial charge in [0.05, 0.1) is 12.6 Å². The third kappa shape index (κ3) is 5.61. The van der Waals surface area contributed by atoms with Gasteiger partial charge in [0.25, 0.3) is 0 Å². The van der Waals surface area contributed by atoms with Crippen LogP contribution in [0.15, 0.2) is 18.2 Å². The van der Waals surface area contributed by atoms with Crippen LogP contribution in [-0.4, -0.2) is 29.8 Å². The fourth-order valence-corrected chi connectivity index (χ4v) is 2.32. The van der Waals surface area contributed by atoms with E-state index in [-0.39, 0.29) is 24.7 Å². The molecule has 112 valence electrons. The molecule has 3 N–H and O–H groups in total. The van der Waals surface area contributed by atoms with Crippen molar-refractivity contribution in [2.75, 3.05) is 6.61 Å². The Morgan fingerprint density at radius 3 is 2.30 bits per heavy atom. The molecule has 0 saturated heterocycles. The van der Waals surface area contributed by atoms with Crippen LogP contribution in [0.3, 0.4) is 0 Å². The summed E-state index contributed by atoms with van der Waals surface area (Å²) in [6.45, 7) is 8.04. The van der Waals surface area contributed by atoms with E-state index in [1.54, 1.807) is 0 Å². The number of hydrogen-bond acceptors (Lipinski definition) is 2. The number of rotatable bonds is 6. The van der Waals surface area contributed by atoms with Crippen LogP contribution in [0.25, 0.3) is 0 Å². The predicted octanol–water partition coefficient (Wildman–Crippen LogP) is 2.30. The molecule has 0 aliphatic rings. The van der Waals surface area contributed by atoms with Gasteiger partial charge >= 0.3 is 6.03 Å². The van der Waals surface area contributed by atoms with E-state index in [9.17, 15) is 4.79 Å². The molecule has 0 aliphatic carbocycles. The smallest absolute Gasteiger partial charge is 0.315 e. The number of benzene rings is 1. The summed E-state index contributed by atoms with van der Waals surface area (Å²) in [7, 11) is 0. The zero-order valence-corrected chi connectivity index (χ0v) is 12.9. The average molecular weight is 278 g/mol. The Labute approximate surface area is 121 Å². The maximum absolute atomic E-state index is 11.8. The highest BCUT2D eigenvalue weighted by atomic mass is 16.3. The van der Waals surface area contributed by atoms with E-state index in [1.807, 2.05) is 13.8 Å². The SMILES string of the molecule is CCC(CO)NC(=O)NC(C)Cc1cc(C)cc(C)c1. The molecule has 1 aromatic rings. The molecular weight excluding hydrogens is 252 g/mol. The highest BCUT2D eigenvalue weighted by molar-refractivity contribution is 5.74. The summed E-state index contributed by atoms with van der Waals surface area (Å²) in [5, 5.41) is 14.7. The first-order chi connectivity index (χ1) is 9.44. The number of aryl methyl sites for hydroxylation is 2. The lowest BCUT2D eigenvalue weighted by atomic mass is 10.0. The van der Waals surface area contributed by atoms with E-state index in [2.05, 4.69) is 42.7 Å². The van der Waals surface area contributed by atoms with Crippen LogP contribution in [0.1, 0.15) is 37.0 Å². The lowest BCUT2D eigenvalue weighted by Crippen LogP contribution is -2.47. The number of urea groups is 1. The maximum atomic E-state index is 11.8. The Balaban J connectivity index is 2.50. The normalized spacial score (nSPS) is 13.7. The molecule has 1 aromatic carbocycles. The number of hydrogen-bond donors (Lipinski definition) is 3. The average Bonchev–Trinajstić information content (AvgIpc) is 2.34. The van der Waals surface area contributed by atoms with E-state index < -0.39 is 0 Å². The van der Waals surface area contributed by atoms with Gasteiger partial charge in [0, 0.05) is 6.04 Å². The Morgan fingerprint density at radius 2 is 1.80 bits per heavy atom. The molecule has 0 aromatic heterocycles. The minimum Gasteiger partial charge on any atom is -0.394 e. The molecule has 0 heterocycles. The van der Waals surface area contributed by atoms with Crippen molar-refractivity contribution in [1.82, 2.24) is 10.6 Å². The van der Waals surface area contributed by atoms with E-state index in [0.717, 1.165) is 12.8 Å². The molecule has 4 nitrogen and oxygen atoms in total. The molecule has 4 heteroatoms. The van der Waals surface area contributed by atoms with E-state index >= 15 is 0 Å². The van der Waals surface area contributed by atoms with Crippen molar-refractivity contribution in [1.29, 1.82) is 0 Å². The fourth-order valence-electron chi connectivity index (χ4n) is 2.32. The predicted molar refractivity (Wildman–Crippen MR) is 81.9 cm³/mol. The number of carbonyl (C=O) groups excluding carboxylic acids is 1. The van der Waals surface area contributed by atoms with Gasteiger partial charge in [-0.25, -0.2) is 4.79 Å². The van der Waals surface area contributed by atoms with E-state index in [1.165, 1.54) is 16.7 Å². The van der Waals surface area contributed by atoms with Crippen molar-refractivity contribution in [2.24, 2.45) is 0 Å². The second-order valence-corrected chi connectivity index (χ2v) is 5.51. The van der Waals surface area contributed by atoms with Crippen LogP contribution < -0.4 is 10.6 Å². The van der Waals surface area contributed by atoms with Gasteiger partial charge in [0.1, 0.15) is 0 Å². The van der Waals surface area contributed by atoms with Crippen molar-refractivity contribution in [3.63, 3.8) is 0 Å². The molecule has 20 heavy (non-hydrogen) atoms.